The molecular formula is C28H30N4O5S. The minimum atomic E-state index is -3.59. The lowest BCUT2D eigenvalue weighted by Crippen LogP contribution is -2.28. The van der Waals surface area contributed by atoms with Gasteiger partial charge in [-0.3, -0.25) is 14.4 Å². The average Bonchev–Trinajstić information content (AvgIpc) is 3.31. The molecule has 0 saturated carbocycles. The van der Waals surface area contributed by atoms with Crippen molar-refractivity contribution in [1.29, 1.82) is 0 Å². The van der Waals surface area contributed by atoms with Crippen LogP contribution in [0, 0.1) is 5.92 Å². The van der Waals surface area contributed by atoms with Gasteiger partial charge in [-0.25, -0.2) is 13.1 Å². The van der Waals surface area contributed by atoms with Crippen LogP contribution >= 0.6 is 0 Å². The lowest BCUT2D eigenvalue weighted by Gasteiger charge is -2.16. The van der Waals surface area contributed by atoms with Gasteiger partial charge in [-0.15, -0.1) is 0 Å². The van der Waals surface area contributed by atoms with Crippen molar-refractivity contribution in [2.75, 3.05) is 28.6 Å². The highest BCUT2D eigenvalue weighted by Gasteiger charge is 2.35. The van der Waals surface area contributed by atoms with Gasteiger partial charge in [0.1, 0.15) is 0 Å². The Morgan fingerprint density at radius 3 is 2.18 bits per heavy atom. The maximum Gasteiger partial charge on any atom is 0.255 e. The van der Waals surface area contributed by atoms with Gasteiger partial charge >= 0.3 is 0 Å². The summed E-state index contributed by atoms with van der Waals surface area (Å²) in [6.07, 6.45) is 1.77. The highest BCUT2D eigenvalue weighted by atomic mass is 32.2. The van der Waals surface area contributed by atoms with Crippen LogP contribution in [0.2, 0.25) is 0 Å². The number of hydrogen-bond acceptors (Lipinski definition) is 5. The summed E-state index contributed by atoms with van der Waals surface area (Å²) in [4.78, 5) is 39.5. The van der Waals surface area contributed by atoms with E-state index in [9.17, 15) is 22.8 Å². The van der Waals surface area contributed by atoms with Crippen molar-refractivity contribution >= 4 is 44.8 Å². The van der Waals surface area contributed by atoms with E-state index in [0.717, 1.165) is 18.5 Å². The SMILES string of the molecule is CCCCNS(=O)(=O)c1ccc(NC(=O)c2ccc(NC(=O)C3CC(=O)N(c4ccccc4)C3)cc2)cc1. The molecular weight excluding hydrogens is 504 g/mol. The zero-order valence-electron chi connectivity index (χ0n) is 21.0. The second-order valence-electron chi connectivity index (χ2n) is 9.04. The van der Waals surface area contributed by atoms with Crippen molar-refractivity contribution < 1.29 is 22.8 Å². The van der Waals surface area contributed by atoms with Gasteiger partial charge in [0.05, 0.1) is 10.8 Å². The van der Waals surface area contributed by atoms with Crippen LogP contribution in [0.1, 0.15) is 36.5 Å². The molecule has 198 valence electrons. The molecule has 10 heteroatoms. The Kier molecular flexibility index (Phi) is 8.55. The number of hydrogen-bond donors (Lipinski definition) is 3. The molecule has 0 bridgehead atoms. The first-order valence-corrected chi connectivity index (χ1v) is 13.9. The summed E-state index contributed by atoms with van der Waals surface area (Å²) in [6, 6.07) is 21.6. The standard InChI is InChI=1S/C28H30N4O5S/c1-2-3-17-29-38(36,37)25-15-13-23(14-16-25)30-27(34)20-9-11-22(12-10-20)31-28(35)21-18-26(33)32(19-21)24-7-5-4-6-8-24/h4-16,21,29H,2-3,17-19H2,1H3,(H,30,34)(H,31,35). The zero-order valence-corrected chi connectivity index (χ0v) is 21.8. The van der Waals surface area contributed by atoms with Crippen molar-refractivity contribution in [3.8, 4) is 0 Å². The third kappa shape index (κ3) is 6.64. The van der Waals surface area contributed by atoms with E-state index in [1.807, 2.05) is 37.3 Å². The molecule has 1 aliphatic rings. The highest BCUT2D eigenvalue weighted by molar-refractivity contribution is 7.89. The number of nitrogens with one attached hydrogen (secondary N) is 3. The molecule has 1 fully saturated rings. The van der Waals surface area contributed by atoms with E-state index in [0.29, 0.717) is 30.0 Å². The van der Waals surface area contributed by atoms with E-state index in [2.05, 4.69) is 15.4 Å². The Morgan fingerprint density at radius 2 is 1.53 bits per heavy atom. The van der Waals surface area contributed by atoms with E-state index in [4.69, 9.17) is 0 Å². The number of rotatable bonds is 10. The lowest BCUT2D eigenvalue weighted by atomic mass is 10.1. The van der Waals surface area contributed by atoms with Crippen LogP contribution in [0.25, 0.3) is 0 Å². The van der Waals surface area contributed by atoms with Crippen LogP contribution in [-0.2, 0) is 19.6 Å². The minimum absolute atomic E-state index is 0.0956. The molecule has 1 aliphatic heterocycles. The average molecular weight is 535 g/mol. The van der Waals surface area contributed by atoms with Crippen LogP contribution in [0.15, 0.2) is 83.8 Å². The summed E-state index contributed by atoms with van der Waals surface area (Å²) in [5.41, 5.74) is 2.10. The Balaban J connectivity index is 1.31. The number of carbonyl (C=O) groups is 3. The molecule has 0 aromatic heterocycles. The normalized spacial score (nSPS) is 15.3. The monoisotopic (exact) mass is 534 g/mol. The summed E-state index contributed by atoms with van der Waals surface area (Å²) in [6.45, 7) is 2.66. The summed E-state index contributed by atoms with van der Waals surface area (Å²) in [7, 11) is -3.59. The largest absolute Gasteiger partial charge is 0.326 e. The van der Waals surface area contributed by atoms with Crippen LogP contribution in [-0.4, -0.2) is 39.2 Å². The molecule has 3 N–H and O–H groups in total. The Hall–Kier alpha value is -4.02. The molecule has 1 atom stereocenters. The third-order valence-corrected chi connectivity index (χ3v) is 7.70. The van der Waals surface area contributed by atoms with Gasteiger partial charge in [-0.05, 0) is 67.1 Å². The second kappa shape index (κ2) is 12.0. The topological polar surface area (TPSA) is 125 Å². The first kappa shape index (κ1) is 27.0. The van der Waals surface area contributed by atoms with Gasteiger partial charge in [-0.1, -0.05) is 31.5 Å². The van der Waals surface area contributed by atoms with Crippen LogP contribution < -0.4 is 20.3 Å². The van der Waals surface area contributed by atoms with E-state index in [-0.39, 0.29) is 29.0 Å². The van der Waals surface area contributed by atoms with E-state index in [1.165, 1.54) is 24.3 Å². The predicted octanol–water partition coefficient (Wildman–Crippen LogP) is 4.01. The van der Waals surface area contributed by atoms with E-state index in [1.54, 1.807) is 29.2 Å². The predicted molar refractivity (Wildman–Crippen MR) is 146 cm³/mol. The molecule has 1 heterocycles. The first-order chi connectivity index (χ1) is 18.3. The maximum absolute atomic E-state index is 12.8. The second-order valence-corrected chi connectivity index (χ2v) is 10.8. The fourth-order valence-electron chi connectivity index (χ4n) is 4.08. The number of benzene rings is 3. The van der Waals surface area contributed by atoms with E-state index >= 15 is 0 Å². The molecule has 3 aromatic carbocycles. The third-order valence-electron chi connectivity index (χ3n) is 6.22. The number of nitrogens with zero attached hydrogens (tertiary/aromatic N) is 1. The molecule has 0 radical (unpaired) electrons. The number of unbranched alkanes of at least 4 members (excludes halogenated alkanes) is 1. The number of carbonyl (C=O) groups excluding carboxylic acids is 3. The Bertz CT molecular complexity index is 1390. The molecule has 3 aromatic rings. The molecule has 1 saturated heterocycles. The molecule has 0 spiro atoms. The van der Waals surface area contributed by atoms with Gasteiger partial charge < -0.3 is 15.5 Å². The zero-order chi connectivity index (χ0) is 27.1. The fraction of sp³-hybridized carbons (Fsp3) is 0.250. The van der Waals surface area contributed by atoms with Gasteiger partial charge in [0, 0.05) is 42.1 Å². The van der Waals surface area contributed by atoms with Crippen molar-refractivity contribution in [1.82, 2.24) is 4.72 Å². The molecule has 9 nitrogen and oxygen atoms in total. The number of sulfonamides is 1. The number of anilines is 3. The lowest BCUT2D eigenvalue weighted by molar-refractivity contribution is -0.122. The molecule has 3 amide bonds. The van der Waals surface area contributed by atoms with Crippen LogP contribution in [0.3, 0.4) is 0 Å². The van der Waals surface area contributed by atoms with Crippen molar-refractivity contribution in [3.63, 3.8) is 0 Å². The highest BCUT2D eigenvalue weighted by Crippen LogP contribution is 2.26. The van der Waals surface area contributed by atoms with Crippen LogP contribution in [0.4, 0.5) is 17.1 Å². The van der Waals surface area contributed by atoms with Crippen molar-refractivity contribution in [2.45, 2.75) is 31.1 Å². The fourth-order valence-corrected chi connectivity index (χ4v) is 5.15. The number of para-hydroxylation sites is 1. The molecule has 38 heavy (non-hydrogen) atoms. The Labute approximate surface area is 222 Å². The van der Waals surface area contributed by atoms with Gasteiger partial charge in [0.2, 0.25) is 21.8 Å². The summed E-state index contributed by atoms with van der Waals surface area (Å²) in [5, 5.41) is 5.55. The smallest absolute Gasteiger partial charge is 0.255 e. The Morgan fingerprint density at radius 1 is 0.895 bits per heavy atom. The van der Waals surface area contributed by atoms with Crippen molar-refractivity contribution in [2.24, 2.45) is 5.92 Å². The molecule has 1 unspecified atom stereocenters. The van der Waals surface area contributed by atoms with Crippen molar-refractivity contribution in [3.05, 3.63) is 84.4 Å². The van der Waals surface area contributed by atoms with Gasteiger partial charge in [0.15, 0.2) is 0 Å². The number of amides is 3. The molecule has 0 aliphatic carbocycles. The summed E-state index contributed by atoms with van der Waals surface area (Å²) >= 11 is 0. The van der Waals surface area contributed by atoms with Gasteiger partial charge in [-0.2, -0.15) is 0 Å². The molecule has 4 rings (SSSR count). The first-order valence-electron chi connectivity index (χ1n) is 12.4. The van der Waals surface area contributed by atoms with Gasteiger partial charge in [0.25, 0.3) is 5.91 Å². The van der Waals surface area contributed by atoms with Crippen LogP contribution in [0.5, 0.6) is 0 Å². The maximum atomic E-state index is 12.8. The summed E-state index contributed by atoms with van der Waals surface area (Å²) < 4.78 is 27.2. The van der Waals surface area contributed by atoms with E-state index < -0.39 is 15.9 Å². The minimum Gasteiger partial charge on any atom is -0.326 e. The quantitative estimate of drug-likeness (QED) is 0.339. The summed E-state index contributed by atoms with van der Waals surface area (Å²) in [5.74, 6) is -1.20.